The number of sulfonamides is 1. The number of rotatable bonds is 11. The highest BCUT2D eigenvalue weighted by Gasteiger charge is 2.35. The highest BCUT2D eigenvalue weighted by molar-refractivity contribution is 7.92. The fourth-order valence-electron chi connectivity index (χ4n) is 5.39. The molecule has 1 saturated heterocycles. The largest absolute Gasteiger partial charge is 0.493 e. The molecule has 1 fully saturated rings. The predicted octanol–water partition coefficient (Wildman–Crippen LogP) is 5.69. The quantitative estimate of drug-likeness (QED) is 0.275. The lowest BCUT2D eigenvalue weighted by Crippen LogP contribution is -2.54. The number of amides is 3. The zero-order valence-corrected chi connectivity index (χ0v) is 29.2. The van der Waals surface area contributed by atoms with E-state index in [0.29, 0.717) is 43.3 Å². The zero-order valence-electron chi connectivity index (χ0n) is 28.4. The molecule has 12 nitrogen and oxygen atoms in total. The molecule has 260 valence electrons. The molecule has 0 aliphatic carbocycles. The van der Waals surface area contributed by atoms with Crippen LogP contribution in [0.25, 0.3) is 11.1 Å². The number of piperidine rings is 1. The van der Waals surface area contributed by atoms with Crippen molar-refractivity contribution in [3.63, 3.8) is 0 Å². The van der Waals surface area contributed by atoms with E-state index in [4.69, 9.17) is 14.2 Å². The van der Waals surface area contributed by atoms with E-state index >= 15 is 4.39 Å². The Balaban J connectivity index is 2.04. The Morgan fingerprint density at radius 3 is 2.34 bits per heavy atom. The normalized spacial score (nSPS) is 15.3. The Morgan fingerprint density at radius 1 is 1.04 bits per heavy atom. The van der Waals surface area contributed by atoms with E-state index in [1.165, 1.54) is 18.2 Å². The number of carbonyl (C=O) groups is 3. The molecule has 2 aromatic rings. The Hall–Kier alpha value is -3.91. The van der Waals surface area contributed by atoms with E-state index in [1.807, 2.05) is 13.8 Å². The fourth-order valence-corrected chi connectivity index (χ4v) is 6.23. The number of methoxy groups -OCH3 is 2. The molecule has 0 unspecified atom stereocenters. The van der Waals surface area contributed by atoms with E-state index in [2.05, 4.69) is 4.74 Å². The number of likely N-dealkylation sites (tertiary alicyclic amines) is 1. The molecule has 0 bridgehead atoms. The SMILES string of the molecule is COCCCOc1cc(C(=O)N(C(C)C)[C@@H]2CCCN(C(=O)OC(C)(C)C)C2)ccc1-c1cc(N(C(=O)OC)S(C)(=O)=O)ccc1F. The number of halogens is 1. The van der Waals surface area contributed by atoms with E-state index in [0.717, 1.165) is 25.5 Å². The zero-order chi connectivity index (χ0) is 35.1. The van der Waals surface area contributed by atoms with Gasteiger partial charge in [-0.05, 0) is 83.9 Å². The second kappa shape index (κ2) is 15.8. The minimum Gasteiger partial charge on any atom is -0.493 e. The van der Waals surface area contributed by atoms with Crippen LogP contribution in [0.1, 0.15) is 64.2 Å². The summed E-state index contributed by atoms with van der Waals surface area (Å²) in [5.74, 6) is -0.830. The molecule has 0 N–H and O–H groups in total. The van der Waals surface area contributed by atoms with Gasteiger partial charge in [-0.2, -0.15) is 4.31 Å². The van der Waals surface area contributed by atoms with Crippen molar-refractivity contribution in [2.24, 2.45) is 0 Å². The summed E-state index contributed by atoms with van der Waals surface area (Å²) in [6.45, 7) is 10.6. The van der Waals surface area contributed by atoms with E-state index in [-0.39, 0.29) is 52.7 Å². The number of ether oxygens (including phenoxy) is 4. The standard InChI is InChI=1S/C33H46FN3O9S/c1-22(2)36(25-11-9-16-35(21-25)31(39)46-33(3,4)5)30(38)23-12-14-26(29(19-23)45-18-10-17-43-6)27-20-24(13-15-28(27)34)37(32(40)44-7)47(8,41)42/h12-15,19-20,22,25H,9-11,16-18,21H2,1-8H3/t25-/m1/s1. The molecule has 0 radical (unpaired) electrons. The lowest BCUT2D eigenvalue weighted by Gasteiger charge is -2.41. The number of hydrogen-bond acceptors (Lipinski definition) is 9. The van der Waals surface area contributed by atoms with Gasteiger partial charge in [0.05, 0.1) is 31.7 Å². The third-order valence-corrected chi connectivity index (χ3v) is 8.38. The molecule has 14 heteroatoms. The molecule has 0 aromatic heterocycles. The van der Waals surface area contributed by atoms with Crippen LogP contribution in [0.4, 0.5) is 19.7 Å². The maximum Gasteiger partial charge on any atom is 0.428 e. The van der Waals surface area contributed by atoms with Crippen LogP contribution in [-0.4, -0.2) is 101 Å². The molecule has 0 saturated carbocycles. The van der Waals surface area contributed by atoms with Crippen molar-refractivity contribution < 1.29 is 46.1 Å². The molecule has 1 aliphatic rings. The van der Waals surface area contributed by atoms with E-state index in [1.54, 1.807) is 43.7 Å². The Morgan fingerprint density at radius 2 is 1.74 bits per heavy atom. The lowest BCUT2D eigenvalue weighted by atomic mass is 9.98. The lowest BCUT2D eigenvalue weighted by molar-refractivity contribution is 0.00752. The fraction of sp³-hybridized carbons (Fsp3) is 0.545. The average molecular weight is 680 g/mol. The Bertz CT molecular complexity index is 1540. The van der Waals surface area contributed by atoms with Gasteiger partial charge in [-0.15, -0.1) is 0 Å². The molecule has 3 rings (SSSR count). The van der Waals surface area contributed by atoms with Crippen LogP contribution in [0.2, 0.25) is 0 Å². The maximum atomic E-state index is 15.4. The van der Waals surface area contributed by atoms with Gasteiger partial charge in [-0.1, -0.05) is 0 Å². The summed E-state index contributed by atoms with van der Waals surface area (Å²) in [6.07, 6.45) is 1.12. The summed E-state index contributed by atoms with van der Waals surface area (Å²) >= 11 is 0. The first-order chi connectivity index (χ1) is 22.0. The van der Waals surface area contributed by atoms with Gasteiger partial charge in [0.15, 0.2) is 0 Å². The number of hydrogen-bond donors (Lipinski definition) is 0. The molecular formula is C33H46FN3O9S. The average Bonchev–Trinajstić information content (AvgIpc) is 2.98. The summed E-state index contributed by atoms with van der Waals surface area (Å²) in [5, 5.41) is 0. The van der Waals surface area contributed by atoms with Gasteiger partial charge in [0.2, 0.25) is 10.0 Å². The number of anilines is 1. The van der Waals surface area contributed by atoms with Gasteiger partial charge in [0, 0.05) is 56.0 Å². The third-order valence-electron chi connectivity index (χ3n) is 7.36. The molecule has 47 heavy (non-hydrogen) atoms. The van der Waals surface area contributed by atoms with Crippen LogP contribution in [-0.2, 0) is 24.2 Å². The summed E-state index contributed by atoms with van der Waals surface area (Å²) in [6, 6.07) is 7.50. The molecular weight excluding hydrogens is 633 g/mol. The minimum atomic E-state index is -4.13. The number of nitrogens with zero attached hydrogens (tertiary/aromatic N) is 3. The van der Waals surface area contributed by atoms with Crippen LogP contribution in [0.5, 0.6) is 5.75 Å². The molecule has 2 aromatic carbocycles. The van der Waals surface area contributed by atoms with Crippen LogP contribution in [0.15, 0.2) is 36.4 Å². The van der Waals surface area contributed by atoms with Gasteiger partial charge in [-0.3, -0.25) is 4.79 Å². The third kappa shape index (κ3) is 9.80. The maximum absolute atomic E-state index is 15.4. The summed E-state index contributed by atoms with van der Waals surface area (Å²) in [4.78, 5) is 42.7. The molecule has 1 aliphatic heterocycles. The summed E-state index contributed by atoms with van der Waals surface area (Å²) < 4.78 is 62.1. The molecule has 1 heterocycles. The molecule has 0 spiro atoms. The first kappa shape index (κ1) is 37.5. The molecule has 3 amide bonds. The van der Waals surface area contributed by atoms with Gasteiger partial charge >= 0.3 is 12.2 Å². The second-order valence-electron chi connectivity index (χ2n) is 12.6. The van der Waals surface area contributed by atoms with Crippen molar-refractivity contribution in [2.45, 2.75) is 71.6 Å². The van der Waals surface area contributed by atoms with Gasteiger partial charge in [0.25, 0.3) is 5.91 Å². The van der Waals surface area contributed by atoms with Crippen molar-refractivity contribution in [2.75, 3.05) is 51.1 Å². The first-order valence-electron chi connectivity index (χ1n) is 15.4. The van der Waals surface area contributed by atoms with Crippen molar-refractivity contribution >= 4 is 33.8 Å². The monoisotopic (exact) mass is 679 g/mol. The summed E-state index contributed by atoms with van der Waals surface area (Å²) in [7, 11) is -1.54. The van der Waals surface area contributed by atoms with Crippen LogP contribution in [0, 0.1) is 5.82 Å². The molecule has 1 atom stereocenters. The van der Waals surface area contributed by atoms with Crippen molar-refractivity contribution in [3.8, 4) is 16.9 Å². The van der Waals surface area contributed by atoms with Gasteiger partial charge in [-0.25, -0.2) is 22.4 Å². The Kier molecular flexibility index (Phi) is 12.6. The Labute approximate surface area is 276 Å². The van der Waals surface area contributed by atoms with E-state index in [9.17, 15) is 22.8 Å². The number of benzene rings is 2. The highest BCUT2D eigenvalue weighted by Crippen LogP contribution is 2.37. The van der Waals surface area contributed by atoms with Crippen LogP contribution in [0.3, 0.4) is 0 Å². The minimum absolute atomic E-state index is 0.0539. The van der Waals surface area contributed by atoms with Crippen molar-refractivity contribution in [3.05, 3.63) is 47.8 Å². The number of carbonyl (C=O) groups excluding carboxylic acids is 3. The first-order valence-corrected chi connectivity index (χ1v) is 17.3. The van der Waals surface area contributed by atoms with Crippen molar-refractivity contribution in [1.29, 1.82) is 0 Å². The van der Waals surface area contributed by atoms with Gasteiger partial charge < -0.3 is 28.7 Å². The van der Waals surface area contributed by atoms with Crippen LogP contribution < -0.4 is 9.04 Å². The predicted molar refractivity (Wildman–Crippen MR) is 176 cm³/mol. The summed E-state index contributed by atoms with van der Waals surface area (Å²) in [5.41, 5.74) is -0.329. The topological polar surface area (TPSA) is 132 Å². The highest BCUT2D eigenvalue weighted by atomic mass is 32.2. The van der Waals surface area contributed by atoms with Gasteiger partial charge in [0.1, 0.15) is 17.2 Å². The van der Waals surface area contributed by atoms with Crippen molar-refractivity contribution in [1.82, 2.24) is 9.80 Å². The van der Waals surface area contributed by atoms with Crippen LogP contribution >= 0.6 is 0 Å². The second-order valence-corrected chi connectivity index (χ2v) is 14.4. The smallest absolute Gasteiger partial charge is 0.428 e. The van der Waals surface area contributed by atoms with E-state index < -0.39 is 33.6 Å².